The van der Waals surface area contributed by atoms with Gasteiger partial charge in [0, 0.05) is 31.9 Å². The van der Waals surface area contributed by atoms with E-state index in [0.29, 0.717) is 0 Å². The molecule has 0 aliphatic carbocycles. The van der Waals surface area contributed by atoms with E-state index >= 15 is 0 Å². The normalized spacial score (nSPS) is 12.9. The fourth-order valence-corrected chi connectivity index (χ4v) is 2.10. The van der Waals surface area contributed by atoms with Crippen LogP contribution in [-0.4, -0.2) is 24.5 Å². The van der Waals surface area contributed by atoms with Gasteiger partial charge in [-0.25, -0.2) is 0 Å². The van der Waals surface area contributed by atoms with Gasteiger partial charge >= 0.3 is 0 Å². The van der Waals surface area contributed by atoms with Crippen molar-refractivity contribution < 1.29 is 0 Å². The van der Waals surface area contributed by atoms with Crippen molar-refractivity contribution in [2.24, 2.45) is 14.1 Å². The van der Waals surface area contributed by atoms with Gasteiger partial charge in [-0.1, -0.05) is 0 Å². The molecule has 0 saturated heterocycles. The second-order valence-electron chi connectivity index (χ2n) is 4.68. The third kappa shape index (κ3) is 2.28. The molecule has 6 heteroatoms. The predicted octanol–water partition coefficient (Wildman–Crippen LogP) is 1.02. The molecule has 2 aromatic rings. The van der Waals surface area contributed by atoms with Gasteiger partial charge in [0.1, 0.15) is 12.2 Å². The van der Waals surface area contributed by atoms with Gasteiger partial charge in [0.15, 0.2) is 0 Å². The number of nitrogens with one attached hydrogen (secondary N) is 1. The van der Waals surface area contributed by atoms with Gasteiger partial charge in [0.25, 0.3) is 0 Å². The molecular formula is C12H20N6. The monoisotopic (exact) mass is 248 g/mol. The Kier molecular flexibility index (Phi) is 3.47. The summed E-state index contributed by atoms with van der Waals surface area (Å²) in [6, 6.07) is 0.163. The molecule has 0 amide bonds. The molecular weight excluding hydrogens is 228 g/mol. The lowest BCUT2D eigenvalue weighted by atomic mass is 10.2. The largest absolute Gasteiger partial charge is 0.319 e. The van der Waals surface area contributed by atoms with E-state index in [1.54, 1.807) is 6.33 Å². The Labute approximate surface area is 107 Å². The highest BCUT2D eigenvalue weighted by molar-refractivity contribution is 5.24. The Morgan fingerprint density at radius 1 is 1.33 bits per heavy atom. The molecule has 2 heterocycles. The van der Waals surface area contributed by atoms with Crippen LogP contribution in [0.4, 0.5) is 0 Å². The van der Waals surface area contributed by atoms with Crippen LogP contribution < -0.4 is 5.32 Å². The van der Waals surface area contributed by atoms with Gasteiger partial charge in [0.2, 0.25) is 0 Å². The third-order valence-corrected chi connectivity index (χ3v) is 3.38. The molecule has 2 rings (SSSR count). The van der Waals surface area contributed by atoms with Crippen molar-refractivity contribution >= 4 is 0 Å². The molecule has 0 fully saturated rings. The maximum absolute atomic E-state index is 4.41. The summed E-state index contributed by atoms with van der Waals surface area (Å²) in [5.41, 5.74) is 3.53. The first-order valence-corrected chi connectivity index (χ1v) is 6.07. The number of nitrogens with zero attached hydrogens (tertiary/aromatic N) is 5. The number of hydrogen-bond donors (Lipinski definition) is 1. The first kappa shape index (κ1) is 12.8. The van der Waals surface area contributed by atoms with E-state index in [-0.39, 0.29) is 6.04 Å². The highest BCUT2D eigenvalue weighted by Gasteiger charge is 2.14. The first-order chi connectivity index (χ1) is 8.50. The molecule has 0 radical (unpaired) electrons. The van der Waals surface area contributed by atoms with E-state index in [9.17, 15) is 0 Å². The van der Waals surface area contributed by atoms with Crippen LogP contribution in [0.3, 0.4) is 0 Å². The van der Waals surface area contributed by atoms with Gasteiger partial charge in [-0.2, -0.15) is 5.10 Å². The van der Waals surface area contributed by atoms with Crippen LogP contribution in [0.15, 0.2) is 6.33 Å². The average Bonchev–Trinajstić information content (AvgIpc) is 2.83. The quantitative estimate of drug-likeness (QED) is 0.877. The minimum atomic E-state index is 0.163. The summed E-state index contributed by atoms with van der Waals surface area (Å²) < 4.78 is 3.85. The molecule has 0 aliphatic heterocycles. The van der Waals surface area contributed by atoms with Crippen molar-refractivity contribution in [2.45, 2.75) is 33.4 Å². The van der Waals surface area contributed by atoms with Crippen molar-refractivity contribution in [3.8, 4) is 0 Å². The molecule has 18 heavy (non-hydrogen) atoms. The molecule has 1 unspecified atom stereocenters. The Morgan fingerprint density at radius 3 is 2.56 bits per heavy atom. The van der Waals surface area contributed by atoms with Crippen LogP contribution in [0.25, 0.3) is 0 Å². The summed E-state index contributed by atoms with van der Waals surface area (Å²) >= 11 is 0. The maximum Gasteiger partial charge on any atom is 0.149 e. The summed E-state index contributed by atoms with van der Waals surface area (Å²) in [5.74, 6) is 0.939. The highest BCUT2D eigenvalue weighted by Crippen LogP contribution is 2.14. The molecule has 2 aromatic heterocycles. The smallest absolute Gasteiger partial charge is 0.149 e. The average molecular weight is 248 g/mol. The second kappa shape index (κ2) is 4.89. The predicted molar refractivity (Wildman–Crippen MR) is 68.9 cm³/mol. The lowest BCUT2D eigenvalue weighted by Gasteiger charge is -2.13. The molecule has 0 aliphatic rings. The molecule has 0 spiro atoms. The number of hydrogen-bond acceptors (Lipinski definition) is 4. The molecule has 6 nitrogen and oxygen atoms in total. The summed E-state index contributed by atoms with van der Waals surface area (Å²) in [7, 11) is 3.92. The van der Waals surface area contributed by atoms with E-state index in [4.69, 9.17) is 0 Å². The fraction of sp³-hybridized carbons (Fsp3) is 0.583. The van der Waals surface area contributed by atoms with Crippen molar-refractivity contribution in [2.75, 3.05) is 0 Å². The van der Waals surface area contributed by atoms with Crippen LogP contribution in [0.1, 0.15) is 35.7 Å². The summed E-state index contributed by atoms with van der Waals surface area (Å²) in [6.07, 6.45) is 1.72. The van der Waals surface area contributed by atoms with Crippen LogP contribution in [0.5, 0.6) is 0 Å². The van der Waals surface area contributed by atoms with Crippen molar-refractivity contribution in [1.82, 2.24) is 29.9 Å². The maximum atomic E-state index is 4.41. The van der Waals surface area contributed by atoms with E-state index in [0.717, 1.165) is 18.1 Å². The van der Waals surface area contributed by atoms with E-state index in [2.05, 4.69) is 34.5 Å². The van der Waals surface area contributed by atoms with E-state index < -0.39 is 0 Å². The van der Waals surface area contributed by atoms with Crippen molar-refractivity contribution in [3.05, 3.63) is 29.1 Å². The summed E-state index contributed by atoms with van der Waals surface area (Å²) in [4.78, 5) is 0. The van der Waals surface area contributed by atoms with Crippen LogP contribution >= 0.6 is 0 Å². The van der Waals surface area contributed by atoms with E-state index in [1.807, 2.05) is 30.3 Å². The van der Waals surface area contributed by atoms with Crippen molar-refractivity contribution in [3.63, 3.8) is 0 Å². The van der Waals surface area contributed by atoms with Crippen LogP contribution in [-0.2, 0) is 20.6 Å². The fourth-order valence-electron chi connectivity index (χ4n) is 2.10. The van der Waals surface area contributed by atoms with Crippen LogP contribution in [0.2, 0.25) is 0 Å². The Hall–Kier alpha value is -1.69. The zero-order chi connectivity index (χ0) is 13.3. The van der Waals surface area contributed by atoms with Crippen LogP contribution in [0, 0.1) is 13.8 Å². The minimum absolute atomic E-state index is 0.163. The van der Waals surface area contributed by atoms with Gasteiger partial charge in [-0.05, 0) is 20.8 Å². The lowest BCUT2D eigenvalue weighted by Crippen LogP contribution is -2.21. The summed E-state index contributed by atoms with van der Waals surface area (Å²) in [5, 5.41) is 15.9. The Morgan fingerprint density at radius 2 is 2.06 bits per heavy atom. The highest BCUT2D eigenvalue weighted by atomic mass is 15.3. The zero-order valence-electron chi connectivity index (χ0n) is 11.6. The van der Waals surface area contributed by atoms with Gasteiger partial charge in [0.05, 0.1) is 11.7 Å². The summed E-state index contributed by atoms with van der Waals surface area (Å²) in [6.45, 7) is 7.01. The molecule has 1 N–H and O–H groups in total. The van der Waals surface area contributed by atoms with Gasteiger partial charge in [-0.15, -0.1) is 10.2 Å². The molecule has 0 aromatic carbocycles. The standard InChI is InChI=1S/C12H20N6/c1-8-11(10(3)18(5)16-8)6-13-9(2)12-15-14-7-17(12)4/h7,9,13H,6H2,1-5H3. The zero-order valence-corrected chi connectivity index (χ0v) is 11.6. The Balaban J connectivity index is 2.06. The lowest BCUT2D eigenvalue weighted by molar-refractivity contribution is 0.526. The number of rotatable bonds is 4. The van der Waals surface area contributed by atoms with Gasteiger partial charge in [-0.3, -0.25) is 4.68 Å². The third-order valence-electron chi connectivity index (χ3n) is 3.38. The first-order valence-electron chi connectivity index (χ1n) is 6.07. The van der Waals surface area contributed by atoms with E-state index in [1.165, 1.54) is 11.3 Å². The molecule has 0 bridgehead atoms. The second-order valence-corrected chi connectivity index (χ2v) is 4.68. The van der Waals surface area contributed by atoms with Crippen molar-refractivity contribution in [1.29, 1.82) is 0 Å². The van der Waals surface area contributed by atoms with Gasteiger partial charge < -0.3 is 9.88 Å². The molecule has 98 valence electrons. The molecule has 1 atom stereocenters. The number of aryl methyl sites for hydroxylation is 3. The topological polar surface area (TPSA) is 60.6 Å². The number of aromatic nitrogens is 5. The SMILES string of the molecule is Cc1nn(C)c(C)c1CNC(C)c1nncn1C. The minimum Gasteiger partial charge on any atom is -0.319 e. The Bertz CT molecular complexity index is 539. The molecule has 0 saturated carbocycles.